The molecule has 1 heterocycles. The number of nitrogens with zero attached hydrogens (tertiary/aromatic N) is 2. The molecule has 1 atom stereocenters. The molecular weight excluding hydrogens is 489 g/mol. The molecular formula is C25H21BrFN3O3. The molecule has 4 rings (SSSR count). The van der Waals surface area contributed by atoms with Gasteiger partial charge in [-0.25, -0.2) is 9.82 Å². The Kier molecular flexibility index (Phi) is 7.14. The van der Waals surface area contributed by atoms with E-state index in [9.17, 15) is 14.0 Å². The molecule has 168 valence electrons. The number of halogens is 2. The summed E-state index contributed by atoms with van der Waals surface area (Å²) in [5, 5.41) is 4.02. The van der Waals surface area contributed by atoms with Gasteiger partial charge in [0.05, 0.1) is 12.1 Å². The zero-order valence-corrected chi connectivity index (χ0v) is 19.2. The van der Waals surface area contributed by atoms with Crippen LogP contribution in [0.5, 0.6) is 5.75 Å². The highest BCUT2D eigenvalue weighted by atomic mass is 79.9. The number of anilines is 1. The first-order valence-corrected chi connectivity index (χ1v) is 11.1. The van der Waals surface area contributed by atoms with Crippen LogP contribution in [-0.2, 0) is 16.2 Å². The van der Waals surface area contributed by atoms with Gasteiger partial charge in [0.2, 0.25) is 11.8 Å². The van der Waals surface area contributed by atoms with Gasteiger partial charge in [0.1, 0.15) is 18.2 Å². The highest BCUT2D eigenvalue weighted by Gasteiger charge is 2.35. The van der Waals surface area contributed by atoms with E-state index in [4.69, 9.17) is 4.74 Å². The smallest absolute Gasteiger partial charge is 0.245 e. The van der Waals surface area contributed by atoms with Crippen molar-refractivity contribution in [2.24, 2.45) is 11.0 Å². The Labute approximate surface area is 199 Å². The molecule has 0 aromatic heterocycles. The summed E-state index contributed by atoms with van der Waals surface area (Å²) in [6.45, 7) is 0.656. The van der Waals surface area contributed by atoms with Gasteiger partial charge < -0.3 is 9.64 Å². The first-order chi connectivity index (χ1) is 16.0. The minimum Gasteiger partial charge on any atom is -0.489 e. The number of rotatable bonds is 7. The van der Waals surface area contributed by atoms with Crippen molar-refractivity contribution in [3.63, 3.8) is 0 Å². The Bertz CT molecular complexity index is 1150. The average molecular weight is 510 g/mol. The van der Waals surface area contributed by atoms with Gasteiger partial charge in [0.15, 0.2) is 0 Å². The van der Waals surface area contributed by atoms with E-state index in [2.05, 4.69) is 26.5 Å². The number of carbonyl (C=O) groups excluding carboxylic acids is 2. The van der Waals surface area contributed by atoms with Crippen LogP contribution in [0.3, 0.4) is 0 Å². The van der Waals surface area contributed by atoms with E-state index in [1.165, 1.54) is 18.3 Å². The molecule has 33 heavy (non-hydrogen) atoms. The quantitative estimate of drug-likeness (QED) is 0.371. The molecule has 1 saturated heterocycles. The van der Waals surface area contributed by atoms with E-state index >= 15 is 0 Å². The Morgan fingerprint density at radius 1 is 1.09 bits per heavy atom. The minimum absolute atomic E-state index is 0.0855. The summed E-state index contributed by atoms with van der Waals surface area (Å²) in [6, 6.07) is 20.7. The second-order valence-corrected chi connectivity index (χ2v) is 8.52. The lowest BCUT2D eigenvalue weighted by molar-refractivity contribution is -0.126. The number of hydrogen-bond acceptors (Lipinski definition) is 4. The molecule has 0 spiro atoms. The van der Waals surface area contributed by atoms with Crippen molar-refractivity contribution < 1.29 is 18.7 Å². The predicted molar refractivity (Wildman–Crippen MR) is 128 cm³/mol. The fraction of sp³-hybridized carbons (Fsp3) is 0.160. The summed E-state index contributed by atoms with van der Waals surface area (Å²) in [6.07, 6.45) is 1.68. The molecule has 0 radical (unpaired) electrons. The highest BCUT2D eigenvalue weighted by Crippen LogP contribution is 2.26. The third-order valence-corrected chi connectivity index (χ3v) is 5.75. The summed E-state index contributed by atoms with van der Waals surface area (Å²) in [4.78, 5) is 26.4. The Morgan fingerprint density at radius 3 is 2.48 bits per heavy atom. The topological polar surface area (TPSA) is 71.0 Å². The van der Waals surface area contributed by atoms with Crippen molar-refractivity contribution >= 4 is 39.6 Å². The van der Waals surface area contributed by atoms with E-state index < -0.39 is 5.92 Å². The van der Waals surface area contributed by atoms with Crippen LogP contribution < -0.4 is 15.1 Å². The van der Waals surface area contributed by atoms with Crippen LogP contribution in [0.15, 0.2) is 82.4 Å². The first kappa shape index (κ1) is 22.7. The molecule has 1 aliphatic rings. The van der Waals surface area contributed by atoms with E-state index in [0.717, 1.165) is 21.3 Å². The highest BCUT2D eigenvalue weighted by molar-refractivity contribution is 9.10. The molecule has 0 saturated carbocycles. The van der Waals surface area contributed by atoms with Gasteiger partial charge in [-0.05, 0) is 71.8 Å². The summed E-state index contributed by atoms with van der Waals surface area (Å²) < 4.78 is 19.6. The van der Waals surface area contributed by atoms with Crippen LogP contribution in [-0.4, -0.2) is 24.6 Å². The van der Waals surface area contributed by atoms with E-state index in [1.807, 2.05) is 36.4 Å². The molecule has 6 nitrogen and oxygen atoms in total. The third-order valence-electron chi connectivity index (χ3n) is 5.22. The average Bonchev–Trinajstić information content (AvgIpc) is 3.22. The summed E-state index contributed by atoms with van der Waals surface area (Å²) in [5.41, 5.74) is 4.94. The lowest BCUT2D eigenvalue weighted by atomic mass is 10.1. The molecule has 0 aliphatic carbocycles. The molecule has 1 fully saturated rings. The number of hydrazone groups is 1. The van der Waals surface area contributed by atoms with Crippen LogP contribution in [0, 0.1) is 11.7 Å². The number of hydrogen-bond donors (Lipinski definition) is 1. The lowest BCUT2D eigenvalue weighted by Gasteiger charge is -2.16. The number of amides is 2. The molecule has 2 amide bonds. The summed E-state index contributed by atoms with van der Waals surface area (Å²) in [7, 11) is 0. The van der Waals surface area contributed by atoms with Crippen molar-refractivity contribution in [1.29, 1.82) is 0 Å². The van der Waals surface area contributed by atoms with Gasteiger partial charge in [-0.1, -0.05) is 28.1 Å². The molecule has 1 N–H and O–H groups in total. The van der Waals surface area contributed by atoms with Gasteiger partial charge in [-0.15, -0.1) is 0 Å². The SMILES string of the molecule is O=C(N/N=C\c1ccc(OCc2ccc(F)cc2)cc1)[C@@H]1CC(=O)N(c2ccc(Br)cc2)C1. The molecule has 0 bridgehead atoms. The van der Waals surface area contributed by atoms with Gasteiger partial charge in [-0.2, -0.15) is 5.10 Å². The van der Waals surface area contributed by atoms with Crippen LogP contribution in [0.2, 0.25) is 0 Å². The minimum atomic E-state index is -0.458. The van der Waals surface area contributed by atoms with Crippen LogP contribution in [0.4, 0.5) is 10.1 Å². The van der Waals surface area contributed by atoms with Gasteiger partial charge in [-0.3, -0.25) is 9.59 Å². The van der Waals surface area contributed by atoms with Gasteiger partial charge in [0, 0.05) is 23.1 Å². The maximum Gasteiger partial charge on any atom is 0.245 e. The molecule has 0 unspecified atom stereocenters. The predicted octanol–water partition coefficient (Wildman–Crippen LogP) is 4.67. The van der Waals surface area contributed by atoms with Gasteiger partial charge in [0.25, 0.3) is 0 Å². The molecule has 1 aliphatic heterocycles. The maximum absolute atomic E-state index is 13.0. The number of benzene rings is 3. The second kappa shape index (κ2) is 10.4. The Hall–Kier alpha value is -3.52. The van der Waals surface area contributed by atoms with Crippen molar-refractivity contribution in [2.45, 2.75) is 13.0 Å². The normalized spacial score (nSPS) is 15.8. The Balaban J connectivity index is 1.26. The summed E-state index contributed by atoms with van der Waals surface area (Å²) in [5.74, 6) is -0.453. The lowest BCUT2D eigenvalue weighted by Crippen LogP contribution is -2.30. The van der Waals surface area contributed by atoms with Crippen LogP contribution >= 0.6 is 15.9 Å². The molecule has 3 aromatic carbocycles. The number of carbonyl (C=O) groups is 2. The fourth-order valence-corrected chi connectivity index (χ4v) is 3.68. The maximum atomic E-state index is 13.0. The van der Waals surface area contributed by atoms with E-state index in [-0.39, 0.29) is 24.1 Å². The second-order valence-electron chi connectivity index (χ2n) is 7.60. The zero-order chi connectivity index (χ0) is 23.2. The third kappa shape index (κ3) is 6.04. The standard InChI is InChI=1S/C25H21BrFN3O3/c26-20-5-9-22(10-6-20)30-15-19(13-24(30)31)25(32)29-28-14-17-3-11-23(12-4-17)33-16-18-1-7-21(27)8-2-18/h1-12,14,19H,13,15-16H2,(H,29,32)/b28-14-/t19-/m1/s1. The van der Waals surface area contributed by atoms with E-state index in [1.54, 1.807) is 29.2 Å². The van der Waals surface area contributed by atoms with Gasteiger partial charge >= 0.3 is 0 Å². The fourth-order valence-electron chi connectivity index (χ4n) is 3.41. The number of nitrogens with one attached hydrogen (secondary N) is 1. The summed E-state index contributed by atoms with van der Waals surface area (Å²) >= 11 is 3.37. The van der Waals surface area contributed by atoms with Crippen molar-refractivity contribution in [2.75, 3.05) is 11.4 Å². The van der Waals surface area contributed by atoms with Crippen molar-refractivity contribution in [1.82, 2.24) is 5.43 Å². The monoisotopic (exact) mass is 509 g/mol. The largest absolute Gasteiger partial charge is 0.489 e. The van der Waals surface area contributed by atoms with Crippen molar-refractivity contribution in [3.8, 4) is 5.75 Å². The first-order valence-electron chi connectivity index (χ1n) is 10.3. The van der Waals surface area contributed by atoms with Crippen LogP contribution in [0.1, 0.15) is 17.5 Å². The number of ether oxygens (including phenoxy) is 1. The Morgan fingerprint density at radius 2 is 1.79 bits per heavy atom. The molecule has 8 heteroatoms. The van der Waals surface area contributed by atoms with Crippen LogP contribution in [0.25, 0.3) is 0 Å². The zero-order valence-electron chi connectivity index (χ0n) is 17.6. The molecule has 3 aromatic rings. The van der Waals surface area contributed by atoms with E-state index in [0.29, 0.717) is 18.9 Å². The van der Waals surface area contributed by atoms with Crippen molar-refractivity contribution in [3.05, 3.63) is 94.2 Å².